The smallest absolute Gasteiger partial charge is 0.326 e. The predicted molar refractivity (Wildman–Crippen MR) is 107 cm³/mol. The fourth-order valence-corrected chi connectivity index (χ4v) is 3.93. The van der Waals surface area contributed by atoms with Crippen molar-refractivity contribution in [2.45, 2.75) is 25.4 Å². The summed E-state index contributed by atoms with van der Waals surface area (Å²) in [6.07, 6.45) is 1.79. The molecule has 0 aliphatic carbocycles. The highest BCUT2D eigenvalue weighted by atomic mass is 16.4. The lowest BCUT2D eigenvalue weighted by Gasteiger charge is -2.22. The molecular weight excluding hydrogens is 388 g/mol. The van der Waals surface area contributed by atoms with E-state index >= 15 is 0 Å². The van der Waals surface area contributed by atoms with E-state index in [2.05, 4.69) is 25.5 Å². The first-order valence-corrected chi connectivity index (χ1v) is 9.47. The van der Waals surface area contributed by atoms with Crippen LogP contribution in [0, 0.1) is 6.92 Å². The summed E-state index contributed by atoms with van der Waals surface area (Å²) in [5.41, 5.74) is 1.98. The molecule has 4 aromatic rings. The number of nitrogens with one attached hydrogen (secondary N) is 2. The van der Waals surface area contributed by atoms with E-state index in [1.54, 1.807) is 24.1 Å². The highest BCUT2D eigenvalue weighted by Gasteiger charge is 2.40. The number of aryl methyl sites for hydroxylation is 1. The highest BCUT2D eigenvalue weighted by molar-refractivity contribution is 6.06. The number of aromatic nitrogens is 4. The molecule has 0 saturated carbocycles. The van der Waals surface area contributed by atoms with Crippen LogP contribution >= 0.6 is 0 Å². The average Bonchev–Trinajstić information content (AvgIpc) is 3.46. The van der Waals surface area contributed by atoms with E-state index in [-0.39, 0.29) is 30.6 Å². The molecule has 1 aromatic carbocycles. The van der Waals surface area contributed by atoms with Crippen LogP contribution in [0.1, 0.15) is 22.7 Å². The molecule has 3 N–H and O–H groups in total. The zero-order valence-electron chi connectivity index (χ0n) is 16.0. The topological polar surface area (TPSA) is 137 Å². The van der Waals surface area contributed by atoms with Crippen molar-refractivity contribution >= 4 is 39.8 Å². The van der Waals surface area contributed by atoms with Gasteiger partial charge in [0.2, 0.25) is 0 Å². The minimum absolute atomic E-state index is 0.232. The van der Waals surface area contributed by atoms with Gasteiger partial charge < -0.3 is 19.7 Å². The number of H-pyrrole nitrogens is 1. The zero-order chi connectivity index (χ0) is 20.8. The number of carboxylic acids is 1. The van der Waals surface area contributed by atoms with Gasteiger partial charge >= 0.3 is 5.97 Å². The molecule has 0 spiro atoms. The lowest BCUT2D eigenvalue weighted by Crippen LogP contribution is -2.38. The van der Waals surface area contributed by atoms with Crippen molar-refractivity contribution in [1.82, 2.24) is 25.5 Å². The van der Waals surface area contributed by atoms with Crippen LogP contribution in [0.4, 0.5) is 5.82 Å². The van der Waals surface area contributed by atoms with E-state index in [0.29, 0.717) is 28.3 Å². The molecule has 1 aliphatic heterocycles. The minimum atomic E-state index is -0.993. The first kappa shape index (κ1) is 18.1. The Hall–Kier alpha value is -3.95. The van der Waals surface area contributed by atoms with Crippen LogP contribution in [0.15, 0.2) is 40.9 Å². The number of anilines is 1. The second kappa shape index (κ2) is 6.83. The van der Waals surface area contributed by atoms with Crippen molar-refractivity contribution < 1.29 is 19.1 Å². The maximum atomic E-state index is 12.4. The van der Waals surface area contributed by atoms with Crippen LogP contribution in [-0.2, 0) is 4.79 Å². The number of nitrogens with zero attached hydrogens (tertiary/aromatic N) is 4. The van der Waals surface area contributed by atoms with Gasteiger partial charge in [0.05, 0.1) is 0 Å². The number of rotatable bonds is 4. The molecule has 1 aliphatic rings. The van der Waals surface area contributed by atoms with Gasteiger partial charge in [-0.1, -0.05) is 12.1 Å². The van der Waals surface area contributed by atoms with E-state index in [0.717, 1.165) is 5.39 Å². The van der Waals surface area contributed by atoms with Gasteiger partial charge in [0, 0.05) is 30.6 Å². The molecule has 1 amide bonds. The fraction of sp³-hybridized carbons (Fsp3) is 0.250. The Balaban J connectivity index is 1.54. The number of benzene rings is 1. The van der Waals surface area contributed by atoms with Crippen LogP contribution < -0.4 is 10.2 Å². The Morgan fingerprint density at radius 1 is 1.27 bits per heavy atom. The number of carbonyl (C=O) groups excluding carboxylic acids is 1. The maximum Gasteiger partial charge on any atom is 0.326 e. The molecule has 1 fully saturated rings. The maximum absolute atomic E-state index is 12.4. The number of para-hydroxylation sites is 1. The molecule has 3 aromatic heterocycles. The SMILES string of the molecule is Cc1nc(N2C[C@@H](NC(=O)c3cc[nH]n3)C[C@H]2C(=O)O)c2oc3ccccc3c2n1. The summed E-state index contributed by atoms with van der Waals surface area (Å²) in [6, 6.07) is 7.81. The van der Waals surface area contributed by atoms with E-state index < -0.39 is 12.0 Å². The normalized spacial score (nSPS) is 18.9. The van der Waals surface area contributed by atoms with E-state index in [1.807, 2.05) is 24.3 Å². The summed E-state index contributed by atoms with van der Waals surface area (Å²) < 4.78 is 5.99. The molecule has 0 unspecified atom stereocenters. The summed E-state index contributed by atoms with van der Waals surface area (Å²) in [4.78, 5) is 35.0. The van der Waals surface area contributed by atoms with E-state index in [4.69, 9.17) is 4.42 Å². The molecule has 10 heteroatoms. The number of aromatic amines is 1. The molecule has 0 bridgehead atoms. The van der Waals surface area contributed by atoms with Gasteiger partial charge in [-0.25, -0.2) is 14.8 Å². The number of amides is 1. The van der Waals surface area contributed by atoms with Crippen LogP contribution in [0.2, 0.25) is 0 Å². The van der Waals surface area contributed by atoms with Crippen molar-refractivity contribution in [2.75, 3.05) is 11.4 Å². The number of hydrogen-bond acceptors (Lipinski definition) is 7. The first-order chi connectivity index (χ1) is 14.5. The zero-order valence-corrected chi connectivity index (χ0v) is 16.0. The Bertz CT molecular complexity index is 1270. The lowest BCUT2D eigenvalue weighted by molar-refractivity contribution is -0.138. The monoisotopic (exact) mass is 406 g/mol. The van der Waals surface area contributed by atoms with E-state index in [1.165, 1.54) is 0 Å². The van der Waals surface area contributed by atoms with Gasteiger partial charge in [0.25, 0.3) is 5.91 Å². The predicted octanol–water partition coefficient (Wildman–Crippen LogP) is 1.87. The van der Waals surface area contributed by atoms with Crippen LogP contribution in [0.3, 0.4) is 0 Å². The van der Waals surface area contributed by atoms with Gasteiger partial charge in [-0.05, 0) is 25.1 Å². The van der Waals surface area contributed by atoms with Gasteiger partial charge in [0.1, 0.15) is 28.7 Å². The fourth-order valence-electron chi connectivity index (χ4n) is 3.93. The Morgan fingerprint density at radius 3 is 2.87 bits per heavy atom. The third-order valence-electron chi connectivity index (χ3n) is 5.24. The number of carboxylic acid groups (broad SMARTS) is 1. The number of aliphatic carboxylic acids is 1. The largest absolute Gasteiger partial charge is 0.480 e. The van der Waals surface area contributed by atoms with E-state index in [9.17, 15) is 14.7 Å². The summed E-state index contributed by atoms with van der Waals surface area (Å²) in [7, 11) is 0. The lowest BCUT2D eigenvalue weighted by atomic mass is 10.1. The molecule has 10 nitrogen and oxygen atoms in total. The quantitative estimate of drug-likeness (QED) is 0.467. The van der Waals surface area contributed by atoms with Crippen LogP contribution in [0.25, 0.3) is 22.1 Å². The average molecular weight is 406 g/mol. The van der Waals surface area contributed by atoms with Crippen LogP contribution in [0.5, 0.6) is 0 Å². The summed E-state index contributed by atoms with van der Waals surface area (Å²) in [5.74, 6) is -0.429. The van der Waals surface area contributed by atoms with Gasteiger partial charge in [-0.15, -0.1) is 0 Å². The Kier molecular flexibility index (Phi) is 4.12. The van der Waals surface area contributed by atoms with Crippen molar-refractivity contribution in [3.8, 4) is 0 Å². The Morgan fingerprint density at radius 2 is 2.10 bits per heavy atom. The number of fused-ring (bicyclic) bond motifs is 3. The number of furan rings is 1. The molecule has 2 atom stereocenters. The number of carbonyl (C=O) groups is 2. The minimum Gasteiger partial charge on any atom is -0.480 e. The molecule has 1 saturated heterocycles. The molecular formula is C20H18N6O4. The number of hydrogen-bond donors (Lipinski definition) is 3. The van der Waals surface area contributed by atoms with Crippen molar-refractivity contribution in [1.29, 1.82) is 0 Å². The molecule has 152 valence electrons. The van der Waals surface area contributed by atoms with Crippen molar-refractivity contribution in [2.24, 2.45) is 0 Å². The van der Waals surface area contributed by atoms with Gasteiger partial charge in [0.15, 0.2) is 11.4 Å². The molecule has 0 radical (unpaired) electrons. The molecule has 5 rings (SSSR count). The van der Waals surface area contributed by atoms with Crippen molar-refractivity contribution in [3.05, 3.63) is 48.0 Å². The third-order valence-corrected chi connectivity index (χ3v) is 5.24. The first-order valence-electron chi connectivity index (χ1n) is 9.47. The second-order valence-corrected chi connectivity index (χ2v) is 7.24. The third kappa shape index (κ3) is 2.93. The van der Waals surface area contributed by atoms with Gasteiger partial charge in [-0.2, -0.15) is 5.10 Å². The second-order valence-electron chi connectivity index (χ2n) is 7.24. The van der Waals surface area contributed by atoms with Crippen molar-refractivity contribution in [3.63, 3.8) is 0 Å². The summed E-state index contributed by atoms with van der Waals surface area (Å²) >= 11 is 0. The van der Waals surface area contributed by atoms with Gasteiger partial charge in [-0.3, -0.25) is 9.89 Å². The Labute approximate surface area is 169 Å². The standard InChI is InChI=1S/C20H18N6O4/c1-10-22-16-12-4-2-3-5-15(12)30-17(16)18(23-10)26-9-11(8-14(26)20(28)29)24-19(27)13-6-7-21-25-13/h2-7,11,14H,8-9H2,1H3,(H,21,25)(H,24,27)(H,28,29)/t11-,14-/m0/s1. The molecule has 30 heavy (non-hydrogen) atoms. The summed E-state index contributed by atoms with van der Waals surface area (Å²) in [6.45, 7) is 2.03. The molecule has 4 heterocycles. The summed E-state index contributed by atoms with van der Waals surface area (Å²) in [5, 5.41) is 20.0. The highest BCUT2D eigenvalue weighted by Crippen LogP contribution is 2.35. The van der Waals surface area contributed by atoms with Crippen LogP contribution in [-0.4, -0.2) is 55.8 Å².